The minimum atomic E-state index is -4.08. The zero-order valence-electron chi connectivity index (χ0n) is 23.6. The summed E-state index contributed by atoms with van der Waals surface area (Å²) >= 11 is 0.698. The Morgan fingerprint density at radius 2 is 1.84 bits per heavy atom. The molecule has 44 heavy (non-hydrogen) atoms. The molecule has 4 aromatic rings. The number of nitriles is 1. The molecule has 3 aromatic heterocycles. The van der Waals surface area contributed by atoms with Gasteiger partial charge in [0.1, 0.15) is 17.7 Å². The molecule has 16 heteroatoms. The SMILES string of the molecule is CC1(C(=O)N2CC3CN(c4ncnc5c4c4ccc(S(=O)(=O)NC6(C#N)CC6)cc4n5-c4nnc(C(F)F)s4)CC3C2)CC1. The van der Waals surface area contributed by atoms with E-state index in [1.807, 2.05) is 17.9 Å². The molecule has 2 saturated carbocycles. The largest absolute Gasteiger partial charge is 0.355 e. The number of carbonyl (C=O) groups is 1. The molecule has 4 fully saturated rings. The lowest BCUT2D eigenvalue weighted by Crippen LogP contribution is -2.37. The third kappa shape index (κ3) is 4.27. The van der Waals surface area contributed by atoms with Crippen molar-refractivity contribution in [1.82, 2.24) is 34.4 Å². The van der Waals surface area contributed by atoms with Crippen LogP contribution in [0.1, 0.15) is 44.0 Å². The van der Waals surface area contributed by atoms with Crippen LogP contribution in [0, 0.1) is 28.6 Å². The number of nitrogens with one attached hydrogen (secondary N) is 1. The number of aromatic nitrogens is 5. The van der Waals surface area contributed by atoms with Crippen molar-refractivity contribution < 1.29 is 22.0 Å². The van der Waals surface area contributed by atoms with E-state index in [0.717, 1.165) is 12.8 Å². The zero-order chi connectivity index (χ0) is 30.6. The Morgan fingerprint density at radius 1 is 1.11 bits per heavy atom. The van der Waals surface area contributed by atoms with Crippen LogP contribution in [-0.4, -0.2) is 75.7 Å². The first-order chi connectivity index (χ1) is 21.0. The van der Waals surface area contributed by atoms with Crippen molar-refractivity contribution >= 4 is 55.0 Å². The average Bonchev–Trinajstić information content (AvgIpc) is 3.64. The number of hydrogen-bond donors (Lipinski definition) is 1. The van der Waals surface area contributed by atoms with Crippen LogP contribution in [0.25, 0.3) is 27.1 Å². The summed E-state index contributed by atoms with van der Waals surface area (Å²) in [6, 6.07) is 6.60. The van der Waals surface area contributed by atoms with E-state index >= 15 is 0 Å². The lowest BCUT2D eigenvalue weighted by molar-refractivity contribution is -0.135. The summed E-state index contributed by atoms with van der Waals surface area (Å²) in [4.78, 5) is 26.2. The number of anilines is 1. The summed E-state index contributed by atoms with van der Waals surface area (Å²) in [7, 11) is -4.08. The minimum Gasteiger partial charge on any atom is -0.355 e. The molecular formula is C28H27F2N9O3S2. The summed E-state index contributed by atoms with van der Waals surface area (Å²) < 4.78 is 57.7. The van der Waals surface area contributed by atoms with Gasteiger partial charge in [-0.2, -0.15) is 9.98 Å². The number of amides is 1. The number of alkyl halides is 2. The molecule has 12 nitrogen and oxygen atoms in total. The monoisotopic (exact) mass is 639 g/mol. The fourth-order valence-corrected chi connectivity index (χ4v) is 8.71. The molecule has 2 aliphatic heterocycles. The lowest BCUT2D eigenvalue weighted by atomic mass is 10.0. The Bertz CT molecular complexity index is 2000. The molecule has 1 amide bonds. The minimum absolute atomic E-state index is 0.0755. The van der Waals surface area contributed by atoms with Gasteiger partial charge in [-0.1, -0.05) is 24.3 Å². The highest BCUT2D eigenvalue weighted by molar-refractivity contribution is 7.89. The van der Waals surface area contributed by atoms with Crippen LogP contribution in [0.15, 0.2) is 29.4 Å². The topological polar surface area (TPSA) is 150 Å². The molecular weight excluding hydrogens is 612 g/mol. The molecule has 2 saturated heterocycles. The van der Waals surface area contributed by atoms with Gasteiger partial charge in [0.15, 0.2) is 10.7 Å². The second-order valence-electron chi connectivity index (χ2n) is 12.6. The number of benzene rings is 1. The summed E-state index contributed by atoms with van der Waals surface area (Å²) in [6.45, 7) is 4.80. The number of fused-ring (bicyclic) bond motifs is 4. The number of likely N-dealkylation sites (tertiary alicyclic amines) is 1. The van der Waals surface area contributed by atoms with Crippen LogP contribution >= 0.6 is 11.3 Å². The molecule has 0 bridgehead atoms. The number of sulfonamides is 1. The highest BCUT2D eigenvalue weighted by Crippen LogP contribution is 2.48. The lowest BCUT2D eigenvalue weighted by Gasteiger charge is -2.24. The first kappa shape index (κ1) is 27.7. The normalized spacial score (nSPS) is 23.4. The van der Waals surface area contributed by atoms with Crippen molar-refractivity contribution in [3.8, 4) is 11.2 Å². The van der Waals surface area contributed by atoms with Crippen LogP contribution < -0.4 is 9.62 Å². The Morgan fingerprint density at radius 3 is 2.45 bits per heavy atom. The van der Waals surface area contributed by atoms with E-state index in [2.05, 4.69) is 29.8 Å². The molecule has 2 unspecified atom stereocenters. The van der Waals surface area contributed by atoms with E-state index in [4.69, 9.17) is 0 Å². The number of halogens is 2. The average molecular weight is 640 g/mol. The Balaban J connectivity index is 1.21. The Kier molecular flexibility index (Phi) is 5.89. The maximum atomic E-state index is 13.5. The van der Waals surface area contributed by atoms with Crippen molar-refractivity contribution in [2.45, 2.75) is 49.5 Å². The van der Waals surface area contributed by atoms with E-state index in [9.17, 15) is 27.3 Å². The van der Waals surface area contributed by atoms with E-state index in [-0.39, 0.29) is 33.2 Å². The molecule has 0 radical (unpaired) electrons. The van der Waals surface area contributed by atoms with Gasteiger partial charge >= 0.3 is 0 Å². The van der Waals surface area contributed by atoms with Crippen molar-refractivity contribution in [1.29, 1.82) is 5.26 Å². The zero-order valence-corrected chi connectivity index (χ0v) is 25.2. The second-order valence-corrected chi connectivity index (χ2v) is 15.3. The molecule has 4 aliphatic rings. The smallest absolute Gasteiger partial charge is 0.291 e. The van der Waals surface area contributed by atoms with Gasteiger partial charge < -0.3 is 9.80 Å². The first-order valence-electron chi connectivity index (χ1n) is 14.4. The highest BCUT2D eigenvalue weighted by Gasteiger charge is 2.51. The fourth-order valence-electron chi connectivity index (χ4n) is 6.60. The Hall–Kier alpha value is -3.81. The van der Waals surface area contributed by atoms with E-state index < -0.39 is 27.0 Å². The van der Waals surface area contributed by atoms with E-state index in [1.54, 1.807) is 10.6 Å². The quantitative estimate of drug-likeness (QED) is 0.321. The van der Waals surface area contributed by atoms with Gasteiger partial charge in [-0.25, -0.2) is 27.2 Å². The maximum absolute atomic E-state index is 13.5. The maximum Gasteiger partial charge on any atom is 0.291 e. The molecule has 2 atom stereocenters. The molecule has 228 valence electrons. The van der Waals surface area contributed by atoms with Gasteiger partial charge in [0, 0.05) is 48.8 Å². The van der Waals surface area contributed by atoms with Crippen LogP contribution in [-0.2, 0) is 14.8 Å². The van der Waals surface area contributed by atoms with Crippen LogP contribution in [0.2, 0.25) is 0 Å². The molecule has 0 spiro atoms. The van der Waals surface area contributed by atoms with Crippen molar-refractivity contribution in [2.75, 3.05) is 31.1 Å². The second kappa shape index (κ2) is 9.35. The van der Waals surface area contributed by atoms with Gasteiger partial charge in [0.05, 0.1) is 21.9 Å². The van der Waals surface area contributed by atoms with Crippen molar-refractivity contribution in [3.63, 3.8) is 0 Å². The summed E-state index contributed by atoms with van der Waals surface area (Å²) in [5, 5.41) is 18.0. The van der Waals surface area contributed by atoms with Gasteiger partial charge in [-0.05, 0) is 37.8 Å². The third-order valence-corrected chi connectivity index (χ3v) is 11.9. The number of nitrogens with zero attached hydrogens (tertiary/aromatic N) is 8. The fraction of sp³-hybridized carbons (Fsp3) is 0.500. The van der Waals surface area contributed by atoms with Crippen molar-refractivity contribution in [3.05, 3.63) is 29.5 Å². The molecule has 2 aliphatic carbocycles. The molecule has 8 rings (SSSR count). The van der Waals surface area contributed by atoms with Crippen LogP contribution in [0.3, 0.4) is 0 Å². The van der Waals surface area contributed by atoms with Gasteiger partial charge in [0.2, 0.25) is 21.1 Å². The first-order valence-corrected chi connectivity index (χ1v) is 16.7. The van der Waals surface area contributed by atoms with E-state index in [0.29, 0.717) is 78.1 Å². The molecule has 1 aromatic carbocycles. The Labute approximate surface area is 254 Å². The van der Waals surface area contributed by atoms with Gasteiger partial charge in [-0.3, -0.25) is 9.36 Å². The summed E-state index contributed by atoms with van der Waals surface area (Å²) in [5.74, 6) is 1.46. The molecule has 1 N–H and O–H groups in total. The highest BCUT2D eigenvalue weighted by atomic mass is 32.2. The summed E-state index contributed by atoms with van der Waals surface area (Å²) in [6.07, 6.45) is 1.32. The summed E-state index contributed by atoms with van der Waals surface area (Å²) in [5.41, 5.74) is -0.550. The van der Waals surface area contributed by atoms with Crippen molar-refractivity contribution in [2.24, 2.45) is 17.3 Å². The number of rotatable bonds is 7. The van der Waals surface area contributed by atoms with Gasteiger partial charge in [0.25, 0.3) is 6.43 Å². The molecule has 5 heterocycles. The standard InChI is InChI=1S/C28H27F2N9O3S2/c1-27(4-5-27)25(40)38-11-15-9-37(10-16(15)12-38)22-20-18-3-2-17(44(41,42)36-28(13-31)6-7-28)8-19(18)39(23(20)33-14-32-22)26-35-34-24(43-26)21(29)30/h2-3,8,14-16,21,36H,4-7,9-12H2,1H3. The predicted molar refractivity (Wildman–Crippen MR) is 156 cm³/mol. The van der Waals surface area contributed by atoms with Crippen LogP contribution in [0.5, 0.6) is 0 Å². The van der Waals surface area contributed by atoms with E-state index in [1.165, 1.54) is 18.5 Å². The van der Waals surface area contributed by atoms with Gasteiger partial charge in [-0.15, -0.1) is 10.2 Å². The number of hydrogen-bond acceptors (Lipinski definition) is 10. The number of carbonyl (C=O) groups excluding carboxylic acids is 1. The van der Waals surface area contributed by atoms with Crippen LogP contribution in [0.4, 0.5) is 14.6 Å². The third-order valence-electron chi connectivity index (χ3n) is 9.50. The predicted octanol–water partition coefficient (Wildman–Crippen LogP) is 3.39.